The smallest absolute Gasteiger partial charge is 0.126 e. The van der Waals surface area contributed by atoms with Crippen molar-refractivity contribution >= 4 is 5.82 Å². The Labute approximate surface area is 95.7 Å². The molecule has 1 heterocycles. The maximum absolute atomic E-state index is 5.77. The quantitative estimate of drug-likeness (QED) is 0.827. The Balaban J connectivity index is 2.23. The third-order valence-electron chi connectivity index (χ3n) is 2.58. The number of nitrogen functional groups attached to an aromatic ring is 1. The van der Waals surface area contributed by atoms with Gasteiger partial charge in [0.2, 0.25) is 0 Å². The summed E-state index contributed by atoms with van der Waals surface area (Å²) in [6, 6.07) is 8.50. The van der Waals surface area contributed by atoms with Gasteiger partial charge in [-0.05, 0) is 23.5 Å². The lowest BCUT2D eigenvalue weighted by Crippen LogP contribution is -1.93. The number of benzene rings is 1. The summed E-state index contributed by atoms with van der Waals surface area (Å²) >= 11 is 0. The van der Waals surface area contributed by atoms with Crippen molar-refractivity contribution in [3.63, 3.8) is 0 Å². The van der Waals surface area contributed by atoms with Crippen molar-refractivity contribution in [2.45, 2.75) is 20.3 Å². The molecule has 0 unspecified atom stereocenters. The maximum atomic E-state index is 5.77. The first kappa shape index (κ1) is 10.7. The fourth-order valence-electron chi connectivity index (χ4n) is 1.82. The van der Waals surface area contributed by atoms with E-state index in [0.29, 0.717) is 11.7 Å². The van der Waals surface area contributed by atoms with Crippen LogP contribution in [0.4, 0.5) is 5.82 Å². The Kier molecular flexibility index (Phi) is 2.95. The molecule has 1 aromatic carbocycles. The van der Waals surface area contributed by atoms with E-state index in [1.807, 2.05) is 0 Å². The number of nitrogens with two attached hydrogens (primary N) is 1. The number of nitrogens with zero attached hydrogens (tertiary/aromatic N) is 1. The number of hydrogen-bond acceptors (Lipinski definition) is 2. The van der Waals surface area contributed by atoms with Crippen molar-refractivity contribution in [2.75, 3.05) is 5.73 Å². The lowest BCUT2D eigenvalue weighted by molar-refractivity contribution is 0.647. The van der Waals surface area contributed by atoms with Gasteiger partial charge in [-0.1, -0.05) is 38.1 Å². The SMILES string of the molecule is CC(C)Cc1ccc(-c2cn[nH]c2N)cc1. The molecular formula is C13H17N3. The lowest BCUT2D eigenvalue weighted by Gasteiger charge is -2.06. The number of H-pyrrole nitrogens is 1. The van der Waals surface area contributed by atoms with E-state index in [1.165, 1.54) is 5.56 Å². The monoisotopic (exact) mass is 215 g/mol. The molecule has 0 spiro atoms. The van der Waals surface area contributed by atoms with Gasteiger partial charge in [0, 0.05) is 5.56 Å². The number of aromatic nitrogens is 2. The Morgan fingerprint density at radius 1 is 1.25 bits per heavy atom. The molecule has 0 aliphatic carbocycles. The Hall–Kier alpha value is -1.77. The topological polar surface area (TPSA) is 54.7 Å². The molecule has 0 aliphatic heterocycles. The molecule has 2 aromatic rings. The van der Waals surface area contributed by atoms with E-state index in [0.717, 1.165) is 17.5 Å². The highest BCUT2D eigenvalue weighted by atomic mass is 15.1. The highest BCUT2D eigenvalue weighted by molar-refractivity contribution is 5.72. The van der Waals surface area contributed by atoms with Crippen LogP contribution in [-0.4, -0.2) is 10.2 Å². The molecule has 84 valence electrons. The van der Waals surface area contributed by atoms with Gasteiger partial charge in [0.05, 0.1) is 6.20 Å². The molecule has 0 saturated heterocycles. The van der Waals surface area contributed by atoms with Gasteiger partial charge < -0.3 is 5.73 Å². The Morgan fingerprint density at radius 3 is 2.44 bits per heavy atom. The van der Waals surface area contributed by atoms with Gasteiger partial charge in [-0.3, -0.25) is 5.10 Å². The van der Waals surface area contributed by atoms with Crippen LogP contribution in [0.3, 0.4) is 0 Å². The van der Waals surface area contributed by atoms with Crippen LogP contribution in [0, 0.1) is 5.92 Å². The van der Waals surface area contributed by atoms with E-state index in [-0.39, 0.29) is 0 Å². The van der Waals surface area contributed by atoms with Crippen molar-refractivity contribution in [3.8, 4) is 11.1 Å². The minimum absolute atomic E-state index is 0.622. The van der Waals surface area contributed by atoms with E-state index in [9.17, 15) is 0 Å². The summed E-state index contributed by atoms with van der Waals surface area (Å²) in [6.07, 6.45) is 2.87. The number of rotatable bonds is 3. The van der Waals surface area contributed by atoms with E-state index in [2.05, 4.69) is 48.3 Å². The minimum Gasteiger partial charge on any atom is -0.384 e. The van der Waals surface area contributed by atoms with Gasteiger partial charge in [-0.25, -0.2) is 0 Å². The van der Waals surface area contributed by atoms with Gasteiger partial charge in [-0.2, -0.15) is 5.10 Å². The summed E-state index contributed by atoms with van der Waals surface area (Å²) in [5.41, 5.74) is 9.21. The molecule has 3 heteroatoms. The summed E-state index contributed by atoms with van der Waals surface area (Å²) in [5, 5.41) is 6.66. The van der Waals surface area contributed by atoms with Gasteiger partial charge in [0.1, 0.15) is 5.82 Å². The van der Waals surface area contributed by atoms with Gasteiger partial charge >= 0.3 is 0 Å². The van der Waals surface area contributed by atoms with Crippen LogP contribution in [0.2, 0.25) is 0 Å². The molecule has 3 nitrogen and oxygen atoms in total. The second-order valence-electron chi connectivity index (χ2n) is 4.49. The van der Waals surface area contributed by atoms with Crippen LogP contribution >= 0.6 is 0 Å². The van der Waals surface area contributed by atoms with Crippen molar-refractivity contribution < 1.29 is 0 Å². The molecular weight excluding hydrogens is 198 g/mol. The summed E-state index contributed by atoms with van der Waals surface area (Å²) in [6.45, 7) is 4.45. The normalized spacial score (nSPS) is 10.9. The third kappa shape index (κ3) is 2.24. The zero-order chi connectivity index (χ0) is 11.5. The zero-order valence-corrected chi connectivity index (χ0v) is 9.70. The summed E-state index contributed by atoms with van der Waals surface area (Å²) < 4.78 is 0. The molecule has 0 aliphatic rings. The predicted octanol–water partition coefficient (Wildman–Crippen LogP) is 2.86. The molecule has 2 rings (SSSR count). The first-order chi connectivity index (χ1) is 7.66. The summed E-state index contributed by atoms with van der Waals surface area (Å²) in [5.74, 6) is 1.31. The molecule has 0 amide bonds. The zero-order valence-electron chi connectivity index (χ0n) is 9.70. The van der Waals surface area contributed by atoms with Crippen molar-refractivity contribution in [1.82, 2.24) is 10.2 Å². The van der Waals surface area contributed by atoms with E-state index in [4.69, 9.17) is 5.73 Å². The minimum atomic E-state index is 0.622. The number of nitrogens with one attached hydrogen (secondary N) is 1. The van der Waals surface area contributed by atoms with E-state index >= 15 is 0 Å². The molecule has 16 heavy (non-hydrogen) atoms. The van der Waals surface area contributed by atoms with Crippen LogP contribution in [0.5, 0.6) is 0 Å². The van der Waals surface area contributed by atoms with E-state index in [1.54, 1.807) is 6.20 Å². The number of anilines is 1. The highest BCUT2D eigenvalue weighted by Crippen LogP contribution is 2.24. The first-order valence-corrected chi connectivity index (χ1v) is 5.55. The largest absolute Gasteiger partial charge is 0.384 e. The Morgan fingerprint density at radius 2 is 1.94 bits per heavy atom. The number of aromatic amines is 1. The van der Waals surface area contributed by atoms with Gasteiger partial charge in [0.15, 0.2) is 0 Å². The van der Waals surface area contributed by atoms with Gasteiger partial charge in [0.25, 0.3) is 0 Å². The first-order valence-electron chi connectivity index (χ1n) is 5.55. The van der Waals surface area contributed by atoms with Crippen molar-refractivity contribution in [1.29, 1.82) is 0 Å². The second-order valence-corrected chi connectivity index (χ2v) is 4.49. The van der Waals surface area contributed by atoms with Crippen LogP contribution < -0.4 is 5.73 Å². The molecule has 3 N–H and O–H groups in total. The molecule has 1 aromatic heterocycles. The Bertz CT molecular complexity index is 454. The molecule has 0 radical (unpaired) electrons. The maximum Gasteiger partial charge on any atom is 0.126 e. The van der Waals surface area contributed by atoms with Gasteiger partial charge in [-0.15, -0.1) is 0 Å². The fourth-order valence-corrected chi connectivity index (χ4v) is 1.82. The summed E-state index contributed by atoms with van der Waals surface area (Å²) in [7, 11) is 0. The average molecular weight is 215 g/mol. The molecule has 0 fully saturated rings. The van der Waals surface area contributed by atoms with Crippen molar-refractivity contribution in [3.05, 3.63) is 36.0 Å². The molecule has 0 bridgehead atoms. The fraction of sp³-hybridized carbons (Fsp3) is 0.308. The third-order valence-corrected chi connectivity index (χ3v) is 2.58. The number of hydrogen-bond donors (Lipinski definition) is 2. The second kappa shape index (κ2) is 4.39. The van der Waals surface area contributed by atoms with Crippen LogP contribution in [0.25, 0.3) is 11.1 Å². The van der Waals surface area contributed by atoms with Crippen LogP contribution in [-0.2, 0) is 6.42 Å². The van der Waals surface area contributed by atoms with Crippen LogP contribution in [0.1, 0.15) is 19.4 Å². The predicted molar refractivity (Wildman–Crippen MR) is 67.0 cm³/mol. The summed E-state index contributed by atoms with van der Waals surface area (Å²) in [4.78, 5) is 0. The highest BCUT2D eigenvalue weighted by Gasteiger charge is 2.04. The standard InChI is InChI=1S/C13H17N3/c1-9(2)7-10-3-5-11(6-4-10)12-8-15-16-13(12)14/h3-6,8-9H,7H2,1-2H3,(H3,14,15,16). The molecule has 0 atom stereocenters. The van der Waals surface area contributed by atoms with Crippen LogP contribution in [0.15, 0.2) is 30.5 Å². The average Bonchev–Trinajstić information content (AvgIpc) is 2.65. The lowest BCUT2D eigenvalue weighted by atomic mass is 10.00. The van der Waals surface area contributed by atoms with Crippen molar-refractivity contribution in [2.24, 2.45) is 5.92 Å². The molecule has 0 saturated carbocycles. The van der Waals surface area contributed by atoms with E-state index < -0.39 is 0 Å².